The quantitative estimate of drug-likeness (QED) is 0.268. The van der Waals surface area contributed by atoms with E-state index >= 15 is 0 Å². The number of ether oxygens (including phenoxy) is 4. The number of hydrogen-bond donors (Lipinski definition) is 1. The van der Waals surface area contributed by atoms with E-state index in [1.54, 1.807) is 0 Å². The molecule has 0 aromatic heterocycles. The molecule has 5 heteroatoms. The molecule has 4 aromatic carbocycles. The van der Waals surface area contributed by atoms with E-state index in [1.165, 1.54) is 0 Å². The molecule has 5 rings (SSSR count). The second kappa shape index (κ2) is 13.0. The van der Waals surface area contributed by atoms with Crippen LogP contribution in [0.5, 0.6) is 0 Å². The van der Waals surface area contributed by atoms with Gasteiger partial charge in [-0.15, -0.1) is 0 Å². The molecule has 0 spiro atoms. The summed E-state index contributed by atoms with van der Waals surface area (Å²) in [7, 11) is 0. The molecule has 1 saturated heterocycles. The minimum absolute atomic E-state index is 0.235. The molecule has 0 bridgehead atoms. The van der Waals surface area contributed by atoms with Crippen LogP contribution in [0.1, 0.15) is 28.7 Å². The summed E-state index contributed by atoms with van der Waals surface area (Å²) in [5, 5.41) is 11.8. The molecule has 0 radical (unpaired) electrons. The lowest BCUT2D eigenvalue weighted by Crippen LogP contribution is -2.56. The molecule has 5 nitrogen and oxygen atoms in total. The molecule has 0 amide bonds. The van der Waals surface area contributed by atoms with Gasteiger partial charge in [-0.25, -0.2) is 0 Å². The first-order valence-electron chi connectivity index (χ1n) is 13.1. The molecule has 196 valence electrons. The Hall–Kier alpha value is -3.32. The second-order valence-electron chi connectivity index (χ2n) is 9.61. The largest absolute Gasteiger partial charge is 0.374 e. The maximum Gasteiger partial charge on any atom is 0.195 e. The Bertz CT molecular complexity index is 1220. The van der Waals surface area contributed by atoms with Crippen molar-refractivity contribution in [3.63, 3.8) is 0 Å². The van der Waals surface area contributed by atoms with Crippen LogP contribution in [0, 0.1) is 0 Å². The topological polar surface area (TPSA) is 57.2 Å². The van der Waals surface area contributed by atoms with Crippen LogP contribution in [0.15, 0.2) is 121 Å². The van der Waals surface area contributed by atoms with Gasteiger partial charge in [-0.3, -0.25) is 0 Å². The fraction of sp³-hybridized carbons (Fsp3) is 0.273. The summed E-state index contributed by atoms with van der Waals surface area (Å²) < 4.78 is 25.5. The minimum Gasteiger partial charge on any atom is -0.374 e. The van der Waals surface area contributed by atoms with Gasteiger partial charge in [0.2, 0.25) is 0 Å². The Morgan fingerprint density at radius 2 is 1.11 bits per heavy atom. The van der Waals surface area contributed by atoms with Gasteiger partial charge in [0, 0.05) is 12.0 Å². The predicted molar refractivity (Wildman–Crippen MR) is 146 cm³/mol. The number of benzene rings is 4. The molecular formula is C33H34O5. The SMILES string of the molecule is OC1(c2ccccc2)C[C@@H](OCc2ccccc2)[C@H](OCc2ccccc2)[C@@H](COCc2ccccc2)O1. The van der Waals surface area contributed by atoms with Crippen LogP contribution in [-0.4, -0.2) is 30.0 Å². The molecule has 0 aliphatic carbocycles. The van der Waals surface area contributed by atoms with Crippen molar-refractivity contribution in [2.75, 3.05) is 6.61 Å². The van der Waals surface area contributed by atoms with Crippen molar-refractivity contribution in [1.82, 2.24) is 0 Å². The third kappa shape index (κ3) is 6.95. The van der Waals surface area contributed by atoms with Crippen molar-refractivity contribution < 1.29 is 24.1 Å². The summed E-state index contributed by atoms with van der Waals surface area (Å²) in [6.07, 6.45) is -1.19. The van der Waals surface area contributed by atoms with Crippen molar-refractivity contribution in [3.8, 4) is 0 Å². The van der Waals surface area contributed by atoms with Crippen LogP contribution in [0.4, 0.5) is 0 Å². The Kier molecular flexibility index (Phi) is 8.97. The van der Waals surface area contributed by atoms with Crippen molar-refractivity contribution >= 4 is 0 Å². The van der Waals surface area contributed by atoms with E-state index in [4.69, 9.17) is 18.9 Å². The first kappa shape index (κ1) is 26.3. The Balaban J connectivity index is 1.39. The van der Waals surface area contributed by atoms with E-state index in [-0.39, 0.29) is 13.0 Å². The number of hydrogen-bond acceptors (Lipinski definition) is 5. The van der Waals surface area contributed by atoms with Gasteiger partial charge in [-0.05, 0) is 16.7 Å². The van der Waals surface area contributed by atoms with Gasteiger partial charge < -0.3 is 24.1 Å². The Morgan fingerprint density at radius 3 is 1.66 bits per heavy atom. The molecule has 1 aliphatic rings. The van der Waals surface area contributed by atoms with E-state index < -0.39 is 24.1 Å². The zero-order chi connectivity index (χ0) is 26.0. The summed E-state index contributed by atoms with van der Waals surface area (Å²) in [4.78, 5) is 0. The smallest absolute Gasteiger partial charge is 0.195 e. The van der Waals surface area contributed by atoms with Gasteiger partial charge in [0.05, 0.1) is 32.5 Å². The normalized spacial score (nSPS) is 23.2. The minimum atomic E-state index is -1.53. The highest BCUT2D eigenvalue weighted by Crippen LogP contribution is 2.39. The third-order valence-electron chi connectivity index (χ3n) is 6.77. The zero-order valence-corrected chi connectivity index (χ0v) is 21.4. The van der Waals surface area contributed by atoms with Crippen LogP contribution in [0.3, 0.4) is 0 Å². The van der Waals surface area contributed by atoms with Gasteiger partial charge in [-0.2, -0.15) is 0 Å². The van der Waals surface area contributed by atoms with Crippen LogP contribution < -0.4 is 0 Å². The van der Waals surface area contributed by atoms with E-state index in [9.17, 15) is 5.11 Å². The molecule has 4 aromatic rings. The fourth-order valence-electron chi connectivity index (χ4n) is 4.79. The van der Waals surface area contributed by atoms with Crippen LogP contribution in [-0.2, 0) is 44.6 Å². The molecule has 1 fully saturated rings. The van der Waals surface area contributed by atoms with Crippen molar-refractivity contribution in [1.29, 1.82) is 0 Å². The lowest BCUT2D eigenvalue weighted by Gasteiger charge is -2.45. The Labute approximate surface area is 224 Å². The highest BCUT2D eigenvalue weighted by Gasteiger charge is 2.48. The average molecular weight is 511 g/mol. The lowest BCUT2D eigenvalue weighted by molar-refractivity contribution is -0.328. The van der Waals surface area contributed by atoms with E-state index in [2.05, 4.69) is 0 Å². The zero-order valence-electron chi connectivity index (χ0n) is 21.4. The lowest BCUT2D eigenvalue weighted by atomic mass is 9.90. The van der Waals surface area contributed by atoms with Gasteiger partial charge in [0.15, 0.2) is 5.79 Å². The summed E-state index contributed by atoms with van der Waals surface area (Å²) in [5.74, 6) is -1.53. The number of rotatable bonds is 11. The van der Waals surface area contributed by atoms with E-state index in [1.807, 2.05) is 121 Å². The maximum absolute atomic E-state index is 11.8. The molecule has 38 heavy (non-hydrogen) atoms. The molecule has 1 heterocycles. The van der Waals surface area contributed by atoms with Crippen molar-refractivity contribution in [2.45, 2.75) is 50.3 Å². The van der Waals surface area contributed by atoms with Crippen LogP contribution >= 0.6 is 0 Å². The average Bonchev–Trinajstić information content (AvgIpc) is 2.98. The second-order valence-corrected chi connectivity index (χ2v) is 9.61. The monoisotopic (exact) mass is 510 g/mol. The fourth-order valence-corrected chi connectivity index (χ4v) is 4.79. The van der Waals surface area contributed by atoms with Gasteiger partial charge >= 0.3 is 0 Å². The molecule has 1 N–H and O–H groups in total. The third-order valence-corrected chi connectivity index (χ3v) is 6.77. The first-order chi connectivity index (χ1) is 18.7. The summed E-state index contributed by atoms with van der Waals surface area (Å²) in [5.41, 5.74) is 3.87. The summed E-state index contributed by atoms with van der Waals surface area (Å²) in [6, 6.07) is 39.6. The van der Waals surface area contributed by atoms with Crippen molar-refractivity contribution in [3.05, 3.63) is 144 Å². The summed E-state index contributed by atoms with van der Waals surface area (Å²) in [6.45, 7) is 1.48. The highest BCUT2D eigenvalue weighted by molar-refractivity contribution is 5.22. The summed E-state index contributed by atoms with van der Waals surface area (Å²) >= 11 is 0. The molecule has 0 saturated carbocycles. The Morgan fingerprint density at radius 1 is 0.632 bits per heavy atom. The van der Waals surface area contributed by atoms with Gasteiger partial charge in [-0.1, -0.05) is 121 Å². The highest BCUT2D eigenvalue weighted by atomic mass is 16.7. The predicted octanol–water partition coefficient (Wildman–Crippen LogP) is 6.01. The van der Waals surface area contributed by atoms with Gasteiger partial charge in [0.25, 0.3) is 0 Å². The van der Waals surface area contributed by atoms with Crippen molar-refractivity contribution in [2.24, 2.45) is 0 Å². The van der Waals surface area contributed by atoms with Gasteiger partial charge in [0.1, 0.15) is 12.2 Å². The first-order valence-corrected chi connectivity index (χ1v) is 13.1. The molecule has 1 aliphatic heterocycles. The van der Waals surface area contributed by atoms with Crippen LogP contribution in [0.2, 0.25) is 0 Å². The molecule has 1 unspecified atom stereocenters. The van der Waals surface area contributed by atoms with E-state index in [0.717, 1.165) is 16.7 Å². The van der Waals surface area contributed by atoms with E-state index in [0.29, 0.717) is 25.4 Å². The maximum atomic E-state index is 11.8. The number of aliphatic hydroxyl groups is 1. The standard InChI is InChI=1S/C33H34O5/c34-33(29-19-11-4-12-20-29)21-30(36-23-27-15-7-2-8-16-27)32(37-24-28-17-9-3-10-18-28)31(38-33)25-35-22-26-13-5-1-6-14-26/h1-20,30-32,34H,21-25H2/t30-,31-,32+,33?/m1/s1. The molecular weight excluding hydrogens is 476 g/mol. The van der Waals surface area contributed by atoms with Crippen LogP contribution in [0.25, 0.3) is 0 Å². The molecule has 4 atom stereocenters.